The van der Waals surface area contributed by atoms with E-state index in [1.807, 2.05) is 30.3 Å². The van der Waals surface area contributed by atoms with E-state index in [1.165, 1.54) is 0 Å². The summed E-state index contributed by atoms with van der Waals surface area (Å²) in [5, 5.41) is 23.4. The molecule has 0 radical (unpaired) electrons. The highest BCUT2D eigenvalue weighted by atomic mass is 35.5. The molecule has 0 spiro atoms. The van der Waals surface area contributed by atoms with Crippen molar-refractivity contribution in [2.75, 3.05) is 24.8 Å². The van der Waals surface area contributed by atoms with Gasteiger partial charge in [-0.25, -0.2) is 4.98 Å². The van der Waals surface area contributed by atoms with Crippen LogP contribution in [-0.4, -0.2) is 39.6 Å². The molecule has 1 heterocycles. The van der Waals surface area contributed by atoms with E-state index in [0.29, 0.717) is 24.2 Å². The fourth-order valence-electron chi connectivity index (χ4n) is 3.21. The summed E-state index contributed by atoms with van der Waals surface area (Å²) in [5.74, 6) is 1.20. The van der Waals surface area contributed by atoms with Crippen LogP contribution in [-0.2, 0) is 0 Å². The van der Waals surface area contributed by atoms with Gasteiger partial charge in [0.05, 0.1) is 12.7 Å². The molecule has 1 aliphatic carbocycles. The molecule has 1 aromatic heterocycles. The van der Waals surface area contributed by atoms with Crippen molar-refractivity contribution in [1.29, 1.82) is 0 Å². The van der Waals surface area contributed by atoms with Crippen molar-refractivity contribution in [1.82, 2.24) is 9.97 Å². The topological polar surface area (TPSA) is 114 Å². The highest BCUT2D eigenvalue weighted by Gasteiger charge is 2.37. The monoisotopic (exact) mass is 390 g/mol. The Labute approximate surface area is 162 Å². The van der Waals surface area contributed by atoms with Crippen molar-refractivity contribution in [2.24, 2.45) is 5.92 Å². The number of aliphatic hydroxyl groups excluding tert-OH is 1. The van der Waals surface area contributed by atoms with Crippen molar-refractivity contribution in [3.05, 3.63) is 40.5 Å². The average molecular weight is 391 g/mol. The van der Waals surface area contributed by atoms with Gasteiger partial charge in [0.25, 0.3) is 0 Å². The SMILES string of the molecule is COc1ccc(C=Cc2c(Cl)nc(N)nc2NC2(O)CCC(CO)C2)cc1. The molecule has 1 saturated carbocycles. The van der Waals surface area contributed by atoms with Gasteiger partial charge in [-0.3, -0.25) is 0 Å². The number of nitrogens with zero attached hydrogens (tertiary/aromatic N) is 2. The Morgan fingerprint density at radius 3 is 2.70 bits per heavy atom. The molecule has 1 aliphatic rings. The van der Waals surface area contributed by atoms with Crippen molar-refractivity contribution in [2.45, 2.75) is 25.0 Å². The summed E-state index contributed by atoms with van der Waals surface area (Å²) >= 11 is 6.27. The maximum atomic E-state index is 10.8. The van der Waals surface area contributed by atoms with E-state index in [0.717, 1.165) is 17.7 Å². The van der Waals surface area contributed by atoms with Gasteiger partial charge in [-0.05, 0) is 49.0 Å². The summed E-state index contributed by atoms with van der Waals surface area (Å²) in [4.78, 5) is 8.21. The number of nitrogen functional groups attached to an aromatic ring is 1. The van der Waals surface area contributed by atoms with Crippen LogP contribution in [0.4, 0.5) is 11.8 Å². The van der Waals surface area contributed by atoms with Gasteiger partial charge in [0, 0.05) is 6.61 Å². The third-order valence-electron chi connectivity index (χ3n) is 4.68. The number of nitrogens with one attached hydrogen (secondary N) is 1. The minimum absolute atomic E-state index is 0.0180. The Kier molecular flexibility index (Phi) is 5.84. The molecule has 0 bridgehead atoms. The van der Waals surface area contributed by atoms with Gasteiger partial charge < -0.3 is 26.0 Å². The van der Waals surface area contributed by atoms with E-state index < -0.39 is 5.72 Å². The predicted octanol–water partition coefficient (Wildman–Crippen LogP) is 2.78. The fraction of sp³-hybridized carbons (Fsp3) is 0.368. The standard InChI is InChI=1S/C19H23ClN4O3/c1-27-14-5-2-12(3-6-14)4-7-15-16(20)22-18(21)23-17(15)24-19(26)9-8-13(10-19)11-25/h2-7,13,25-26H,8-11H2,1H3,(H3,21,22,23,24). The number of aromatic nitrogens is 2. The maximum Gasteiger partial charge on any atom is 0.223 e. The third-order valence-corrected chi connectivity index (χ3v) is 4.96. The Morgan fingerprint density at radius 2 is 2.07 bits per heavy atom. The molecular formula is C19H23ClN4O3. The van der Waals surface area contributed by atoms with Crippen molar-refractivity contribution < 1.29 is 14.9 Å². The fourth-order valence-corrected chi connectivity index (χ4v) is 3.45. The quantitative estimate of drug-likeness (QED) is 0.443. The average Bonchev–Trinajstić information content (AvgIpc) is 3.02. The van der Waals surface area contributed by atoms with E-state index >= 15 is 0 Å². The van der Waals surface area contributed by atoms with Gasteiger partial charge in [-0.15, -0.1) is 0 Å². The first kappa shape index (κ1) is 19.4. The van der Waals surface area contributed by atoms with Gasteiger partial charge in [-0.1, -0.05) is 29.8 Å². The lowest BCUT2D eigenvalue weighted by atomic mass is 10.1. The summed E-state index contributed by atoms with van der Waals surface area (Å²) in [7, 11) is 1.61. The molecule has 0 aliphatic heterocycles. The van der Waals surface area contributed by atoms with Gasteiger partial charge in [-0.2, -0.15) is 4.98 Å². The molecule has 2 atom stereocenters. The Bertz CT molecular complexity index is 828. The molecular weight excluding hydrogens is 368 g/mol. The number of benzene rings is 1. The number of rotatable bonds is 6. The van der Waals surface area contributed by atoms with Gasteiger partial charge in [0.1, 0.15) is 22.4 Å². The molecule has 144 valence electrons. The van der Waals surface area contributed by atoms with E-state index in [9.17, 15) is 10.2 Å². The first-order valence-electron chi connectivity index (χ1n) is 8.69. The number of ether oxygens (including phenoxy) is 1. The van der Waals surface area contributed by atoms with E-state index in [2.05, 4.69) is 15.3 Å². The van der Waals surface area contributed by atoms with Crippen LogP contribution in [0.15, 0.2) is 24.3 Å². The number of nitrogens with two attached hydrogens (primary N) is 1. The second-order valence-corrected chi connectivity index (χ2v) is 7.05. The number of hydrogen-bond donors (Lipinski definition) is 4. The number of hydrogen-bond acceptors (Lipinski definition) is 7. The van der Waals surface area contributed by atoms with Gasteiger partial charge >= 0.3 is 0 Å². The van der Waals surface area contributed by atoms with Crippen LogP contribution < -0.4 is 15.8 Å². The summed E-state index contributed by atoms with van der Waals surface area (Å²) in [6, 6.07) is 7.53. The van der Waals surface area contributed by atoms with Crippen LogP contribution in [0.1, 0.15) is 30.4 Å². The summed E-state index contributed by atoms with van der Waals surface area (Å²) in [5.41, 5.74) is 6.04. The Morgan fingerprint density at radius 1 is 1.33 bits per heavy atom. The Hall–Kier alpha value is -2.35. The molecule has 5 N–H and O–H groups in total. The van der Waals surface area contributed by atoms with Crippen LogP contribution in [0.25, 0.3) is 12.2 Å². The highest BCUT2D eigenvalue weighted by Crippen LogP contribution is 2.36. The smallest absolute Gasteiger partial charge is 0.223 e. The van der Waals surface area contributed by atoms with Crippen LogP contribution in [0.2, 0.25) is 5.15 Å². The first-order chi connectivity index (χ1) is 12.9. The lowest BCUT2D eigenvalue weighted by molar-refractivity contribution is 0.0682. The zero-order valence-electron chi connectivity index (χ0n) is 15.0. The molecule has 8 heteroatoms. The molecule has 3 rings (SSSR count). The second-order valence-electron chi connectivity index (χ2n) is 6.69. The maximum absolute atomic E-state index is 10.8. The second kappa shape index (κ2) is 8.12. The highest BCUT2D eigenvalue weighted by molar-refractivity contribution is 6.31. The summed E-state index contributed by atoms with van der Waals surface area (Å²) in [6.07, 6.45) is 5.29. The summed E-state index contributed by atoms with van der Waals surface area (Å²) in [6.45, 7) is 0.0425. The zero-order chi connectivity index (χ0) is 19.4. The van der Waals surface area contributed by atoms with Crippen molar-refractivity contribution in [3.8, 4) is 5.75 Å². The van der Waals surface area contributed by atoms with Crippen LogP contribution in [0.3, 0.4) is 0 Å². The molecule has 0 amide bonds. The predicted molar refractivity (Wildman–Crippen MR) is 106 cm³/mol. The van der Waals surface area contributed by atoms with Crippen molar-refractivity contribution >= 4 is 35.5 Å². The molecule has 2 unspecified atom stereocenters. The number of halogens is 1. The van der Waals surface area contributed by atoms with Gasteiger partial charge in [0.2, 0.25) is 5.95 Å². The zero-order valence-corrected chi connectivity index (χ0v) is 15.8. The summed E-state index contributed by atoms with van der Waals surface area (Å²) < 4.78 is 5.15. The van der Waals surface area contributed by atoms with Crippen molar-refractivity contribution in [3.63, 3.8) is 0 Å². The largest absolute Gasteiger partial charge is 0.497 e. The minimum Gasteiger partial charge on any atom is -0.497 e. The molecule has 27 heavy (non-hydrogen) atoms. The van der Waals surface area contributed by atoms with Crippen LogP contribution in [0.5, 0.6) is 5.75 Å². The number of methoxy groups -OCH3 is 1. The lowest BCUT2D eigenvalue weighted by Crippen LogP contribution is -2.36. The minimum atomic E-state index is -1.17. The molecule has 1 fully saturated rings. The van der Waals surface area contributed by atoms with E-state index in [-0.39, 0.29) is 23.6 Å². The number of aliphatic hydroxyl groups is 2. The van der Waals surface area contributed by atoms with Gasteiger partial charge in [0.15, 0.2) is 0 Å². The third kappa shape index (κ3) is 4.68. The molecule has 0 saturated heterocycles. The molecule has 1 aromatic carbocycles. The normalized spacial score (nSPS) is 22.3. The van der Waals surface area contributed by atoms with E-state index in [1.54, 1.807) is 13.2 Å². The molecule has 7 nitrogen and oxygen atoms in total. The first-order valence-corrected chi connectivity index (χ1v) is 9.07. The lowest BCUT2D eigenvalue weighted by Gasteiger charge is -2.26. The van der Waals surface area contributed by atoms with Crippen LogP contribution in [0, 0.1) is 5.92 Å². The Balaban J connectivity index is 1.87. The number of anilines is 2. The van der Waals surface area contributed by atoms with E-state index in [4.69, 9.17) is 22.1 Å². The van der Waals surface area contributed by atoms with Crippen LogP contribution >= 0.6 is 11.6 Å². The molecule has 2 aromatic rings.